The summed E-state index contributed by atoms with van der Waals surface area (Å²) in [4.78, 5) is 17.3. The minimum atomic E-state index is -1.01. The quantitative estimate of drug-likeness (QED) is 0.351. The maximum absolute atomic E-state index is 13.7. The molecule has 1 fully saturated rings. The van der Waals surface area contributed by atoms with Crippen molar-refractivity contribution >= 4 is 39.9 Å². The lowest BCUT2D eigenvalue weighted by Crippen LogP contribution is -2.31. The second kappa shape index (κ2) is 7.67. The van der Waals surface area contributed by atoms with E-state index in [0.717, 1.165) is 27.7 Å². The van der Waals surface area contributed by atoms with E-state index < -0.39 is 18.0 Å². The normalized spacial score (nSPS) is 14.9. The Labute approximate surface area is 158 Å². The summed E-state index contributed by atoms with van der Waals surface area (Å²) < 4.78 is 14.7. The van der Waals surface area contributed by atoms with Gasteiger partial charge in [0.15, 0.2) is 6.29 Å². The Bertz CT molecular complexity index is 796. The predicted octanol–water partition coefficient (Wildman–Crippen LogP) is 3.87. The molecular formula is C18H18FIN2O3. The molecule has 3 N–H and O–H groups in total. The minimum Gasteiger partial charge on any atom is -0.366 e. The molecular weight excluding hydrogens is 438 g/mol. The fraction of sp³-hybridized carbons (Fsp3) is 0.278. The lowest BCUT2D eigenvalue weighted by molar-refractivity contribution is -0.145. The maximum Gasteiger partial charge on any atom is 0.277 e. The zero-order chi connectivity index (χ0) is 18.0. The molecule has 2 aromatic carbocycles. The highest BCUT2D eigenvalue weighted by molar-refractivity contribution is 14.1. The van der Waals surface area contributed by atoms with Gasteiger partial charge in [-0.1, -0.05) is 0 Å². The number of benzene rings is 2. The Morgan fingerprint density at radius 2 is 2.04 bits per heavy atom. The first-order valence-corrected chi connectivity index (χ1v) is 8.98. The highest BCUT2D eigenvalue weighted by Gasteiger charge is 2.31. The van der Waals surface area contributed by atoms with Gasteiger partial charge >= 0.3 is 0 Å². The van der Waals surface area contributed by atoms with Crippen LogP contribution in [0.1, 0.15) is 28.8 Å². The number of aryl methyl sites for hydroxylation is 1. The van der Waals surface area contributed by atoms with Crippen molar-refractivity contribution in [1.82, 2.24) is 5.48 Å². The van der Waals surface area contributed by atoms with E-state index in [9.17, 15) is 14.3 Å². The highest BCUT2D eigenvalue weighted by atomic mass is 127. The number of aliphatic hydroxyl groups is 1. The number of carbonyl (C=O) groups is 1. The van der Waals surface area contributed by atoms with Crippen molar-refractivity contribution in [3.8, 4) is 0 Å². The van der Waals surface area contributed by atoms with Crippen LogP contribution >= 0.6 is 22.6 Å². The van der Waals surface area contributed by atoms with E-state index in [0.29, 0.717) is 5.69 Å². The Kier molecular flexibility index (Phi) is 5.55. The minimum absolute atomic E-state index is 0.0700. The van der Waals surface area contributed by atoms with Crippen LogP contribution in [0.15, 0.2) is 36.4 Å². The van der Waals surface area contributed by atoms with Crippen LogP contribution in [0.5, 0.6) is 0 Å². The number of hydrogen-bond donors (Lipinski definition) is 3. The van der Waals surface area contributed by atoms with E-state index in [4.69, 9.17) is 4.84 Å². The first-order chi connectivity index (χ1) is 11.9. The number of hydroxylamine groups is 1. The zero-order valence-electron chi connectivity index (χ0n) is 13.6. The number of rotatable bonds is 6. The van der Waals surface area contributed by atoms with Gasteiger partial charge in [-0.15, -0.1) is 0 Å². The maximum atomic E-state index is 13.7. The van der Waals surface area contributed by atoms with E-state index in [1.54, 1.807) is 0 Å². The van der Waals surface area contributed by atoms with Crippen LogP contribution in [0.3, 0.4) is 0 Å². The molecule has 1 aliphatic carbocycles. The van der Waals surface area contributed by atoms with Gasteiger partial charge in [-0.3, -0.25) is 4.79 Å². The van der Waals surface area contributed by atoms with Crippen molar-refractivity contribution in [1.29, 1.82) is 0 Å². The zero-order valence-corrected chi connectivity index (χ0v) is 15.7. The summed E-state index contributed by atoms with van der Waals surface area (Å²) in [5.41, 5.74) is 4.54. The van der Waals surface area contributed by atoms with Crippen LogP contribution in [0, 0.1) is 22.2 Å². The molecule has 1 unspecified atom stereocenters. The third-order valence-corrected chi connectivity index (χ3v) is 4.65. The van der Waals surface area contributed by atoms with Crippen LogP contribution in [0.25, 0.3) is 0 Å². The van der Waals surface area contributed by atoms with Crippen LogP contribution in [0.2, 0.25) is 0 Å². The van der Waals surface area contributed by atoms with Gasteiger partial charge in [-0.2, -0.15) is 0 Å². The van der Waals surface area contributed by atoms with Crippen molar-refractivity contribution < 1.29 is 19.1 Å². The molecule has 0 heterocycles. The molecule has 1 amide bonds. The van der Waals surface area contributed by atoms with Gasteiger partial charge in [0.2, 0.25) is 0 Å². The summed E-state index contributed by atoms with van der Waals surface area (Å²) in [6.45, 7) is 1.93. The van der Waals surface area contributed by atoms with Crippen LogP contribution in [-0.2, 0) is 4.84 Å². The van der Waals surface area contributed by atoms with E-state index in [-0.39, 0.29) is 11.5 Å². The van der Waals surface area contributed by atoms with Crippen LogP contribution in [0.4, 0.5) is 15.8 Å². The number of anilines is 2. The lowest BCUT2D eigenvalue weighted by Gasteiger charge is -2.15. The molecule has 2 aromatic rings. The number of aliphatic hydroxyl groups excluding tert-OH is 1. The third-order valence-electron chi connectivity index (χ3n) is 3.98. The van der Waals surface area contributed by atoms with Gasteiger partial charge in [-0.05, 0) is 84.3 Å². The Balaban J connectivity index is 1.78. The van der Waals surface area contributed by atoms with Gasteiger partial charge in [0, 0.05) is 15.2 Å². The number of halogens is 2. The SMILES string of the molecule is Cc1cc(I)ccc1Nc1cc(F)ccc1C(=O)NOC(O)C1CC1. The third kappa shape index (κ3) is 4.68. The first kappa shape index (κ1) is 18.1. The van der Waals surface area contributed by atoms with Gasteiger partial charge < -0.3 is 10.4 Å². The molecule has 0 saturated heterocycles. The van der Waals surface area contributed by atoms with E-state index in [1.165, 1.54) is 18.2 Å². The Hall–Kier alpha value is -1.71. The van der Waals surface area contributed by atoms with Gasteiger partial charge in [0.25, 0.3) is 5.91 Å². The van der Waals surface area contributed by atoms with Gasteiger partial charge in [-0.25, -0.2) is 14.7 Å². The largest absolute Gasteiger partial charge is 0.366 e. The average molecular weight is 456 g/mol. The van der Waals surface area contributed by atoms with Crippen LogP contribution in [-0.4, -0.2) is 17.3 Å². The summed E-state index contributed by atoms with van der Waals surface area (Å²) in [6, 6.07) is 9.61. The standard InChI is InChI=1S/C18H18FIN2O3/c1-10-8-13(20)5-7-15(10)21-16-9-12(19)4-6-14(16)17(23)22-25-18(24)11-2-3-11/h4-9,11,18,21,24H,2-3H2,1H3,(H,22,23). The smallest absolute Gasteiger partial charge is 0.277 e. The molecule has 0 aromatic heterocycles. The van der Waals surface area contributed by atoms with Gasteiger partial charge in [0.1, 0.15) is 5.82 Å². The van der Waals surface area contributed by atoms with E-state index >= 15 is 0 Å². The average Bonchev–Trinajstić information content (AvgIpc) is 3.40. The fourth-order valence-corrected chi connectivity index (χ4v) is 3.02. The monoisotopic (exact) mass is 456 g/mol. The molecule has 5 nitrogen and oxygen atoms in total. The highest BCUT2D eigenvalue weighted by Crippen LogP contribution is 2.32. The first-order valence-electron chi connectivity index (χ1n) is 7.91. The lowest BCUT2D eigenvalue weighted by atomic mass is 10.1. The molecule has 25 heavy (non-hydrogen) atoms. The van der Waals surface area contributed by atoms with Crippen molar-refractivity contribution in [3.63, 3.8) is 0 Å². The van der Waals surface area contributed by atoms with E-state index in [1.807, 2.05) is 25.1 Å². The van der Waals surface area contributed by atoms with Crippen molar-refractivity contribution in [2.24, 2.45) is 5.92 Å². The van der Waals surface area contributed by atoms with Crippen molar-refractivity contribution in [2.75, 3.05) is 5.32 Å². The molecule has 0 bridgehead atoms. The number of carbonyl (C=O) groups excluding carboxylic acids is 1. The Morgan fingerprint density at radius 3 is 2.72 bits per heavy atom. The molecule has 1 atom stereocenters. The number of hydrogen-bond acceptors (Lipinski definition) is 4. The number of amides is 1. The fourth-order valence-electron chi connectivity index (χ4n) is 2.38. The number of nitrogens with one attached hydrogen (secondary N) is 2. The van der Waals surface area contributed by atoms with Crippen molar-refractivity contribution in [2.45, 2.75) is 26.1 Å². The molecule has 1 aliphatic rings. The molecule has 7 heteroatoms. The summed E-state index contributed by atoms with van der Waals surface area (Å²) in [6.07, 6.45) is 0.748. The predicted molar refractivity (Wildman–Crippen MR) is 101 cm³/mol. The molecule has 1 saturated carbocycles. The topological polar surface area (TPSA) is 70.6 Å². The molecule has 3 rings (SSSR count). The molecule has 0 spiro atoms. The van der Waals surface area contributed by atoms with E-state index in [2.05, 4.69) is 33.4 Å². The second-order valence-electron chi connectivity index (χ2n) is 6.05. The molecule has 0 aliphatic heterocycles. The summed E-state index contributed by atoms with van der Waals surface area (Å²) in [5.74, 6) is -0.938. The van der Waals surface area contributed by atoms with Crippen LogP contribution < -0.4 is 10.8 Å². The summed E-state index contributed by atoms with van der Waals surface area (Å²) in [5, 5.41) is 12.8. The molecule has 0 radical (unpaired) electrons. The summed E-state index contributed by atoms with van der Waals surface area (Å²) >= 11 is 2.21. The summed E-state index contributed by atoms with van der Waals surface area (Å²) in [7, 11) is 0. The Morgan fingerprint density at radius 1 is 1.28 bits per heavy atom. The van der Waals surface area contributed by atoms with Gasteiger partial charge in [0.05, 0.1) is 11.3 Å². The van der Waals surface area contributed by atoms with Crippen molar-refractivity contribution in [3.05, 3.63) is 56.9 Å². The second-order valence-corrected chi connectivity index (χ2v) is 7.30. The molecule has 132 valence electrons.